The number of carbonyl (C=O) groups is 3. The number of para-hydroxylation sites is 1. The number of amides is 1. The van der Waals surface area contributed by atoms with E-state index < -0.39 is 27.9 Å². The molecule has 1 amide bonds. The molecular weight excluding hydrogens is 532 g/mol. The molecule has 4 rings (SSSR count). The van der Waals surface area contributed by atoms with Crippen molar-refractivity contribution >= 4 is 39.2 Å². The second-order valence-corrected chi connectivity index (χ2v) is 10.4. The minimum Gasteiger partial charge on any atom is -0.465 e. The Kier molecular flexibility index (Phi) is 8.60. The maximum atomic E-state index is 13.9. The molecule has 10 heteroatoms. The Hall–Kier alpha value is -4.96. The van der Waals surface area contributed by atoms with E-state index in [9.17, 15) is 22.8 Å². The third-order valence-corrected chi connectivity index (χ3v) is 7.72. The second kappa shape index (κ2) is 12.3. The van der Waals surface area contributed by atoms with Crippen LogP contribution in [0.5, 0.6) is 0 Å². The number of hydrogen-bond donors (Lipinski definition) is 1. The molecule has 1 N–H and O–H groups in total. The molecule has 4 aromatic rings. The highest BCUT2D eigenvalue weighted by molar-refractivity contribution is 7.92. The van der Waals surface area contributed by atoms with E-state index in [1.807, 2.05) is 6.07 Å². The van der Waals surface area contributed by atoms with E-state index in [4.69, 9.17) is 9.47 Å². The summed E-state index contributed by atoms with van der Waals surface area (Å²) in [4.78, 5) is 38.0. The Bertz CT molecular complexity index is 1610. The van der Waals surface area contributed by atoms with Crippen LogP contribution < -0.4 is 9.62 Å². The topological polar surface area (TPSA) is 119 Å². The highest BCUT2D eigenvalue weighted by Crippen LogP contribution is 2.30. The van der Waals surface area contributed by atoms with Gasteiger partial charge in [0.25, 0.3) is 15.9 Å². The summed E-state index contributed by atoms with van der Waals surface area (Å²) in [6, 6.07) is 27.2. The van der Waals surface area contributed by atoms with E-state index in [0.717, 1.165) is 0 Å². The number of benzene rings is 4. The van der Waals surface area contributed by atoms with Gasteiger partial charge in [-0.05, 0) is 48.0 Å². The van der Waals surface area contributed by atoms with Crippen molar-refractivity contribution in [2.75, 3.05) is 23.8 Å². The summed E-state index contributed by atoms with van der Waals surface area (Å²) in [6.45, 7) is -0.0350. The van der Waals surface area contributed by atoms with Gasteiger partial charge in [-0.15, -0.1) is 0 Å². The molecule has 0 radical (unpaired) electrons. The average molecular weight is 559 g/mol. The van der Waals surface area contributed by atoms with E-state index in [-0.39, 0.29) is 39.5 Å². The van der Waals surface area contributed by atoms with Crippen molar-refractivity contribution < 1.29 is 32.3 Å². The Morgan fingerprint density at radius 1 is 0.725 bits per heavy atom. The van der Waals surface area contributed by atoms with Gasteiger partial charge in [0, 0.05) is 5.69 Å². The van der Waals surface area contributed by atoms with Crippen molar-refractivity contribution in [2.45, 2.75) is 11.4 Å². The number of esters is 2. The third-order valence-electron chi connectivity index (χ3n) is 5.95. The van der Waals surface area contributed by atoms with Crippen molar-refractivity contribution in [1.29, 1.82) is 0 Å². The van der Waals surface area contributed by atoms with Gasteiger partial charge in [0.1, 0.15) is 0 Å². The Balaban J connectivity index is 1.78. The highest BCUT2D eigenvalue weighted by Gasteiger charge is 2.29. The number of rotatable bonds is 9. The molecule has 9 nitrogen and oxygen atoms in total. The molecule has 0 fully saturated rings. The van der Waals surface area contributed by atoms with Gasteiger partial charge in [-0.3, -0.25) is 9.10 Å². The van der Waals surface area contributed by atoms with E-state index >= 15 is 0 Å². The van der Waals surface area contributed by atoms with Crippen molar-refractivity contribution in [3.05, 3.63) is 125 Å². The van der Waals surface area contributed by atoms with Crippen LogP contribution in [0.2, 0.25) is 0 Å². The van der Waals surface area contributed by atoms with Crippen LogP contribution in [0.3, 0.4) is 0 Å². The number of nitrogens with one attached hydrogen (secondary N) is 1. The lowest BCUT2D eigenvalue weighted by Crippen LogP contribution is -2.32. The van der Waals surface area contributed by atoms with Crippen molar-refractivity contribution in [3.8, 4) is 0 Å². The normalized spacial score (nSPS) is 10.8. The van der Waals surface area contributed by atoms with Gasteiger partial charge in [-0.1, -0.05) is 60.7 Å². The first kappa shape index (κ1) is 28.1. The molecule has 0 saturated carbocycles. The van der Waals surface area contributed by atoms with Crippen molar-refractivity contribution in [2.24, 2.45) is 0 Å². The summed E-state index contributed by atoms with van der Waals surface area (Å²) >= 11 is 0. The number of anilines is 2. The number of carbonyl (C=O) groups excluding carboxylic acids is 3. The molecule has 0 heterocycles. The summed E-state index contributed by atoms with van der Waals surface area (Å²) in [5.74, 6) is -2.09. The molecule has 204 valence electrons. The average Bonchev–Trinajstić information content (AvgIpc) is 2.99. The largest absolute Gasteiger partial charge is 0.465 e. The third kappa shape index (κ3) is 6.19. The monoisotopic (exact) mass is 558 g/mol. The summed E-state index contributed by atoms with van der Waals surface area (Å²) in [7, 11) is -1.71. The summed E-state index contributed by atoms with van der Waals surface area (Å²) < 4.78 is 38.4. The zero-order valence-corrected chi connectivity index (χ0v) is 22.6. The number of nitrogens with zero attached hydrogens (tertiary/aromatic N) is 1. The van der Waals surface area contributed by atoms with Crippen LogP contribution in [-0.4, -0.2) is 40.5 Å². The second-order valence-electron chi connectivity index (χ2n) is 8.56. The van der Waals surface area contributed by atoms with Crippen LogP contribution in [0.25, 0.3) is 0 Å². The Morgan fingerprint density at radius 2 is 1.25 bits per heavy atom. The van der Waals surface area contributed by atoms with Gasteiger partial charge in [-0.25, -0.2) is 18.0 Å². The van der Waals surface area contributed by atoms with Crippen LogP contribution in [0.4, 0.5) is 11.4 Å². The van der Waals surface area contributed by atoms with Crippen LogP contribution >= 0.6 is 0 Å². The predicted octanol–water partition coefficient (Wildman–Crippen LogP) is 4.91. The van der Waals surface area contributed by atoms with Gasteiger partial charge in [0.2, 0.25) is 0 Å². The van der Waals surface area contributed by atoms with E-state index in [2.05, 4.69) is 5.32 Å². The molecule has 0 bridgehead atoms. The fourth-order valence-electron chi connectivity index (χ4n) is 4.02. The minimum atomic E-state index is -4.09. The smallest absolute Gasteiger partial charge is 0.337 e. The number of sulfonamides is 1. The van der Waals surface area contributed by atoms with Crippen LogP contribution in [0.1, 0.15) is 36.6 Å². The van der Waals surface area contributed by atoms with Crippen LogP contribution in [0, 0.1) is 0 Å². The van der Waals surface area contributed by atoms with Crippen molar-refractivity contribution in [1.82, 2.24) is 0 Å². The maximum Gasteiger partial charge on any atom is 0.337 e. The minimum absolute atomic E-state index is 0.0198. The molecule has 4 aromatic carbocycles. The van der Waals surface area contributed by atoms with E-state index in [1.54, 1.807) is 60.7 Å². The Morgan fingerprint density at radius 3 is 1.82 bits per heavy atom. The standard InChI is InChI=1S/C30H26N2O7S/c1-38-29(34)22-17-23(30(35)39-2)19-24(18-22)31-28(33)26-15-9-10-16-27(26)32(20-21-11-5-3-6-12-21)40(36,37)25-13-7-4-8-14-25/h3-19H,20H2,1-2H3,(H,31,33). The quantitative estimate of drug-likeness (QED) is 0.290. The van der Waals surface area contributed by atoms with Gasteiger partial charge < -0.3 is 14.8 Å². The lowest BCUT2D eigenvalue weighted by molar-refractivity contribution is 0.0598. The Labute approximate surface area is 232 Å². The summed E-state index contributed by atoms with van der Waals surface area (Å²) in [6.07, 6.45) is 0. The molecule has 0 aliphatic carbocycles. The van der Waals surface area contributed by atoms with Gasteiger partial charge >= 0.3 is 11.9 Å². The van der Waals surface area contributed by atoms with Crippen LogP contribution in [-0.2, 0) is 26.0 Å². The first-order valence-electron chi connectivity index (χ1n) is 12.1. The predicted molar refractivity (Wildman–Crippen MR) is 150 cm³/mol. The lowest BCUT2D eigenvalue weighted by Gasteiger charge is -2.26. The zero-order valence-electron chi connectivity index (χ0n) is 21.7. The molecule has 0 aliphatic rings. The number of methoxy groups -OCH3 is 2. The molecule has 0 atom stereocenters. The molecule has 0 spiro atoms. The van der Waals surface area contributed by atoms with E-state index in [1.165, 1.54) is 54.9 Å². The summed E-state index contributed by atoms with van der Waals surface area (Å²) in [5, 5.41) is 2.67. The molecule has 40 heavy (non-hydrogen) atoms. The number of ether oxygens (including phenoxy) is 2. The maximum absolute atomic E-state index is 13.9. The van der Waals surface area contributed by atoms with Gasteiger partial charge in [0.05, 0.1) is 48.0 Å². The first-order valence-corrected chi connectivity index (χ1v) is 13.5. The van der Waals surface area contributed by atoms with Crippen molar-refractivity contribution in [3.63, 3.8) is 0 Å². The lowest BCUT2D eigenvalue weighted by atomic mass is 10.1. The summed E-state index contributed by atoms with van der Waals surface area (Å²) in [5.41, 5.74) is 1.07. The molecule has 0 aliphatic heterocycles. The molecular formula is C30H26N2O7S. The SMILES string of the molecule is COC(=O)c1cc(NC(=O)c2ccccc2N(Cc2ccccc2)S(=O)(=O)c2ccccc2)cc(C(=O)OC)c1. The van der Waals surface area contributed by atoms with Crippen LogP contribution in [0.15, 0.2) is 108 Å². The molecule has 0 aromatic heterocycles. The molecule has 0 unspecified atom stereocenters. The highest BCUT2D eigenvalue weighted by atomic mass is 32.2. The first-order chi connectivity index (χ1) is 19.2. The number of hydrogen-bond acceptors (Lipinski definition) is 7. The fraction of sp³-hybridized carbons (Fsp3) is 0.100. The van der Waals surface area contributed by atoms with Gasteiger partial charge in [0.15, 0.2) is 0 Å². The molecule has 0 saturated heterocycles. The zero-order chi connectivity index (χ0) is 28.7. The van der Waals surface area contributed by atoms with E-state index in [0.29, 0.717) is 5.56 Å². The van der Waals surface area contributed by atoms with Gasteiger partial charge in [-0.2, -0.15) is 0 Å². The fourth-order valence-corrected chi connectivity index (χ4v) is 5.51.